The molecule has 1 aliphatic heterocycles. The summed E-state index contributed by atoms with van der Waals surface area (Å²) in [5, 5.41) is 12.3. The van der Waals surface area contributed by atoms with Crippen LogP contribution in [0.4, 0.5) is 11.4 Å². The minimum absolute atomic E-state index is 0.152. The number of hydrogen-bond acceptors (Lipinski definition) is 4. The van der Waals surface area contributed by atoms with Crippen LogP contribution in [0.2, 0.25) is 0 Å². The number of carbonyl (C=O) groups is 1. The van der Waals surface area contributed by atoms with Crippen molar-refractivity contribution in [3.05, 3.63) is 23.8 Å². The lowest BCUT2D eigenvalue weighted by atomic mass is 10.1. The molecular weight excluding hydrogens is 254 g/mol. The van der Waals surface area contributed by atoms with Crippen LogP contribution < -0.4 is 11.1 Å². The van der Waals surface area contributed by atoms with E-state index in [1.165, 1.54) is 32.4 Å². The molecule has 0 aromatic heterocycles. The molecule has 1 aromatic rings. The summed E-state index contributed by atoms with van der Waals surface area (Å²) in [6.45, 7) is 5.48. The molecule has 2 rings (SSSR count). The predicted molar refractivity (Wildman–Crippen MR) is 81.2 cm³/mol. The average molecular weight is 277 g/mol. The van der Waals surface area contributed by atoms with Crippen LogP contribution in [0, 0.1) is 0 Å². The zero-order valence-corrected chi connectivity index (χ0v) is 11.9. The van der Waals surface area contributed by atoms with E-state index in [0.717, 1.165) is 12.2 Å². The molecule has 1 unspecified atom stereocenters. The second-order valence-electron chi connectivity index (χ2n) is 5.51. The second-order valence-corrected chi connectivity index (χ2v) is 5.51. The fourth-order valence-electron chi connectivity index (χ4n) is 2.71. The van der Waals surface area contributed by atoms with E-state index in [9.17, 15) is 4.79 Å². The summed E-state index contributed by atoms with van der Waals surface area (Å²) < 4.78 is 0. The summed E-state index contributed by atoms with van der Waals surface area (Å²) in [6.07, 6.45) is 3.91. The Hall–Kier alpha value is -1.75. The number of piperidine rings is 1. The third kappa shape index (κ3) is 3.87. The van der Waals surface area contributed by atoms with Gasteiger partial charge in [0.2, 0.25) is 0 Å². The van der Waals surface area contributed by atoms with Crippen LogP contribution in [0.5, 0.6) is 0 Å². The van der Waals surface area contributed by atoms with Crippen molar-refractivity contribution < 1.29 is 9.90 Å². The molecule has 0 saturated carbocycles. The highest BCUT2D eigenvalue weighted by molar-refractivity contribution is 5.94. The Bertz CT molecular complexity index is 470. The number of likely N-dealkylation sites (tertiary alicyclic amines) is 1. The molecule has 1 saturated heterocycles. The van der Waals surface area contributed by atoms with Gasteiger partial charge in [0.15, 0.2) is 0 Å². The van der Waals surface area contributed by atoms with Crippen LogP contribution in [-0.4, -0.2) is 41.7 Å². The van der Waals surface area contributed by atoms with Gasteiger partial charge in [-0.3, -0.25) is 0 Å². The van der Waals surface area contributed by atoms with Crippen molar-refractivity contribution >= 4 is 17.3 Å². The van der Waals surface area contributed by atoms with E-state index >= 15 is 0 Å². The second kappa shape index (κ2) is 6.61. The van der Waals surface area contributed by atoms with Crippen LogP contribution in [0.3, 0.4) is 0 Å². The minimum atomic E-state index is -0.990. The van der Waals surface area contributed by atoms with Crippen molar-refractivity contribution in [2.24, 2.45) is 0 Å². The van der Waals surface area contributed by atoms with E-state index < -0.39 is 5.97 Å². The van der Waals surface area contributed by atoms with Crippen LogP contribution in [0.25, 0.3) is 0 Å². The first-order chi connectivity index (χ1) is 9.56. The first-order valence-corrected chi connectivity index (χ1v) is 7.18. The Balaban J connectivity index is 1.92. The monoisotopic (exact) mass is 277 g/mol. The molecule has 0 bridgehead atoms. The number of carboxylic acid groups (broad SMARTS) is 1. The molecule has 5 heteroatoms. The first-order valence-electron chi connectivity index (χ1n) is 7.18. The number of aromatic carboxylic acids is 1. The van der Waals surface area contributed by atoms with Crippen LogP contribution >= 0.6 is 0 Å². The smallest absolute Gasteiger partial charge is 0.337 e. The Kier molecular flexibility index (Phi) is 4.84. The van der Waals surface area contributed by atoms with Gasteiger partial charge in [0.05, 0.1) is 5.56 Å². The van der Waals surface area contributed by atoms with E-state index in [-0.39, 0.29) is 5.56 Å². The highest BCUT2D eigenvalue weighted by Crippen LogP contribution is 2.19. The van der Waals surface area contributed by atoms with Gasteiger partial charge in [-0.1, -0.05) is 6.42 Å². The molecule has 0 radical (unpaired) electrons. The summed E-state index contributed by atoms with van der Waals surface area (Å²) >= 11 is 0. The van der Waals surface area contributed by atoms with E-state index in [4.69, 9.17) is 10.8 Å². The molecular formula is C15H23N3O2. The lowest BCUT2D eigenvalue weighted by Crippen LogP contribution is -2.38. The molecule has 5 nitrogen and oxygen atoms in total. The summed E-state index contributed by atoms with van der Waals surface area (Å²) in [5.41, 5.74) is 7.07. The predicted octanol–water partition coefficient (Wildman–Crippen LogP) is 2.25. The van der Waals surface area contributed by atoms with Crippen molar-refractivity contribution in [2.75, 3.05) is 30.7 Å². The van der Waals surface area contributed by atoms with Crippen molar-refractivity contribution in [2.45, 2.75) is 32.2 Å². The number of anilines is 2. The largest absolute Gasteiger partial charge is 0.478 e. The van der Waals surface area contributed by atoms with E-state index in [2.05, 4.69) is 17.1 Å². The van der Waals surface area contributed by atoms with Gasteiger partial charge in [0.25, 0.3) is 0 Å². The first kappa shape index (κ1) is 14.7. The number of nitrogens with zero attached hydrogens (tertiary/aromatic N) is 1. The molecule has 1 aromatic carbocycles. The molecule has 4 N–H and O–H groups in total. The number of hydrogen-bond donors (Lipinski definition) is 3. The van der Waals surface area contributed by atoms with Crippen molar-refractivity contribution in [3.8, 4) is 0 Å². The van der Waals surface area contributed by atoms with Crippen molar-refractivity contribution in [1.29, 1.82) is 0 Å². The van der Waals surface area contributed by atoms with Crippen molar-refractivity contribution in [1.82, 2.24) is 4.90 Å². The quantitative estimate of drug-likeness (QED) is 0.719. The number of nitrogen functional groups attached to an aromatic ring is 1. The fourth-order valence-corrected chi connectivity index (χ4v) is 2.71. The number of rotatable bonds is 5. The van der Waals surface area contributed by atoms with Gasteiger partial charge in [-0.25, -0.2) is 4.79 Å². The van der Waals surface area contributed by atoms with E-state index in [0.29, 0.717) is 11.7 Å². The van der Waals surface area contributed by atoms with Gasteiger partial charge < -0.3 is 21.1 Å². The Labute approximate surface area is 119 Å². The number of carboxylic acids is 1. The zero-order valence-electron chi connectivity index (χ0n) is 11.9. The average Bonchev–Trinajstić information content (AvgIpc) is 2.39. The molecule has 0 amide bonds. The lowest BCUT2D eigenvalue weighted by molar-refractivity contribution is 0.0698. The molecule has 1 aliphatic rings. The standard InChI is InChI=1S/C15H23N3O2/c1-11(10-18-7-3-2-4-8-18)17-12-5-6-13(15(19)20)14(16)9-12/h5-6,9,11,17H,2-4,7-8,10,16H2,1H3,(H,19,20). The molecule has 0 spiro atoms. The molecule has 0 aliphatic carbocycles. The SMILES string of the molecule is CC(CN1CCCCC1)Nc1ccc(C(=O)O)c(N)c1. The molecule has 1 heterocycles. The number of nitrogens with one attached hydrogen (secondary N) is 1. The van der Waals surface area contributed by atoms with Crippen LogP contribution in [0.15, 0.2) is 18.2 Å². The van der Waals surface area contributed by atoms with Gasteiger partial charge in [-0.15, -0.1) is 0 Å². The summed E-state index contributed by atoms with van der Waals surface area (Å²) in [7, 11) is 0. The summed E-state index contributed by atoms with van der Waals surface area (Å²) in [6, 6.07) is 5.32. The Morgan fingerprint density at radius 1 is 1.40 bits per heavy atom. The lowest BCUT2D eigenvalue weighted by Gasteiger charge is -2.29. The normalized spacial score (nSPS) is 17.6. The van der Waals surface area contributed by atoms with E-state index in [1.54, 1.807) is 18.2 Å². The number of benzene rings is 1. The van der Waals surface area contributed by atoms with Gasteiger partial charge in [-0.2, -0.15) is 0 Å². The molecule has 20 heavy (non-hydrogen) atoms. The summed E-state index contributed by atoms with van der Waals surface area (Å²) in [5.74, 6) is -0.990. The summed E-state index contributed by atoms with van der Waals surface area (Å²) in [4.78, 5) is 13.4. The zero-order chi connectivity index (χ0) is 14.5. The van der Waals surface area contributed by atoms with Gasteiger partial charge in [-0.05, 0) is 51.1 Å². The highest BCUT2D eigenvalue weighted by atomic mass is 16.4. The fraction of sp³-hybridized carbons (Fsp3) is 0.533. The third-order valence-corrected chi connectivity index (χ3v) is 3.68. The number of nitrogens with two attached hydrogens (primary N) is 1. The highest BCUT2D eigenvalue weighted by Gasteiger charge is 2.14. The maximum Gasteiger partial charge on any atom is 0.337 e. The minimum Gasteiger partial charge on any atom is -0.478 e. The van der Waals surface area contributed by atoms with Crippen molar-refractivity contribution in [3.63, 3.8) is 0 Å². The maximum atomic E-state index is 10.9. The maximum absolute atomic E-state index is 10.9. The molecule has 1 atom stereocenters. The van der Waals surface area contributed by atoms with Gasteiger partial charge >= 0.3 is 5.97 Å². The molecule has 1 fully saturated rings. The Morgan fingerprint density at radius 2 is 2.10 bits per heavy atom. The van der Waals surface area contributed by atoms with E-state index in [1.807, 2.05) is 0 Å². The van der Waals surface area contributed by atoms with Gasteiger partial charge in [0.1, 0.15) is 0 Å². The third-order valence-electron chi connectivity index (χ3n) is 3.68. The Morgan fingerprint density at radius 3 is 2.70 bits per heavy atom. The van der Waals surface area contributed by atoms with Crippen LogP contribution in [0.1, 0.15) is 36.5 Å². The van der Waals surface area contributed by atoms with Gasteiger partial charge in [0, 0.05) is 24.0 Å². The topological polar surface area (TPSA) is 78.6 Å². The van der Waals surface area contributed by atoms with Crippen LogP contribution in [-0.2, 0) is 0 Å². The molecule has 110 valence electrons.